The minimum atomic E-state index is -0.711. The molecule has 1 aromatic carbocycles. The second-order valence-corrected chi connectivity index (χ2v) is 8.22. The minimum Gasteiger partial charge on any atom is -0.486 e. The van der Waals surface area contributed by atoms with Crippen molar-refractivity contribution >= 4 is 17.7 Å². The average Bonchev–Trinajstić information content (AvgIpc) is 3.29. The summed E-state index contributed by atoms with van der Waals surface area (Å²) >= 11 is 0. The van der Waals surface area contributed by atoms with Crippen LogP contribution in [0.1, 0.15) is 61.9 Å². The highest BCUT2D eigenvalue weighted by atomic mass is 19.1. The van der Waals surface area contributed by atoms with E-state index in [0.29, 0.717) is 5.56 Å². The summed E-state index contributed by atoms with van der Waals surface area (Å²) < 4.78 is 20.9. The molecule has 30 heavy (non-hydrogen) atoms. The quantitative estimate of drug-likeness (QED) is 0.718. The molecule has 2 heterocycles. The van der Waals surface area contributed by atoms with Crippen molar-refractivity contribution in [3.05, 3.63) is 29.1 Å². The Kier molecular flexibility index (Phi) is 5.77. The van der Waals surface area contributed by atoms with E-state index in [1.165, 1.54) is 11.0 Å². The lowest BCUT2D eigenvalue weighted by atomic mass is 10.0. The maximum atomic E-state index is 14.8. The summed E-state index contributed by atoms with van der Waals surface area (Å²) in [7, 11) is 0. The third-order valence-corrected chi connectivity index (χ3v) is 6.55. The molecule has 0 bridgehead atoms. The number of nitrogens with one attached hydrogen (secondary N) is 1. The predicted octanol–water partition coefficient (Wildman–Crippen LogP) is 2.23. The number of ether oxygens (including phenoxy) is 1. The molecule has 162 valence electrons. The van der Waals surface area contributed by atoms with Crippen molar-refractivity contribution in [3.8, 4) is 5.75 Å². The molecule has 1 aromatic rings. The Bertz CT molecular complexity index is 870. The first-order valence-electron chi connectivity index (χ1n) is 10.8. The van der Waals surface area contributed by atoms with Crippen LogP contribution in [0.15, 0.2) is 12.1 Å². The summed E-state index contributed by atoms with van der Waals surface area (Å²) in [5.41, 5.74) is 0.912. The molecule has 8 heteroatoms. The number of halogens is 1. The minimum absolute atomic E-state index is 0.0826. The lowest BCUT2D eigenvalue weighted by molar-refractivity contribution is -0.136. The van der Waals surface area contributed by atoms with Crippen molar-refractivity contribution in [1.82, 2.24) is 15.1 Å². The molecule has 0 radical (unpaired) electrons. The fourth-order valence-corrected chi connectivity index (χ4v) is 4.97. The van der Waals surface area contributed by atoms with E-state index in [0.717, 1.165) is 32.4 Å². The van der Waals surface area contributed by atoms with Gasteiger partial charge in [-0.2, -0.15) is 0 Å². The number of imide groups is 1. The summed E-state index contributed by atoms with van der Waals surface area (Å²) in [4.78, 5) is 40.1. The van der Waals surface area contributed by atoms with Crippen molar-refractivity contribution in [2.24, 2.45) is 0 Å². The van der Waals surface area contributed by atoms with Gasteiger partial charge in [0.1, 0.15) is 12.1 Å². The number of carbonyl (C=O) groups excluding carboxylic acids is 3. The van der Waals surface area contributed by atoms with E-state index in [4.69, 9.17) is 4.74 Å². The van der Waals surface area contributed by atoms with Crippen LogP contribution in [-0.4, -0.2) is 58.8 Å². The van der Waals surface area contributed by atoms with Gasteiger partial charge in [-0.15, -0.1) is 0 Å². The monoisotopic (exact) mass is 417 g/mol. The van der Waals surface area contributed by atoms with E-state index >= 15 is 0 Å². The van der Waals surface area contributed by atoms with Crippen LogP contribution in [-0.2, 0) is 16.1 Å². The Balaban J connectivity index is 1.53. The number of hydrogen-bond acceptors (Lipinski definition) is 5. The molecule has 0 spiro atoms. The van der Waals surface area contributed by atoms with Gasteiger partial charge in [-0.3, -0.25) is 24.6 Å². The molecule has 7 nitrogen and oxygen atoms in total. The molecule has 1 unspecified atom stereocenters. The van der Waals surface area contributed by atoms with Crippen LogP contribution in [0.2, 0.25) is 0 Å². The van der Waals surface area contributed by atoms with Gasteiger partial charge in [-0.25, -0.2) is 4.39 Å². The number of piperidine rings is 1. The molecular formula is C22H28FN3O4. The van der Waals surface area contributed by atoms with E-state index in [1.807, 2.05) is 0 Å². The fraction of sp³-hybridized carbons (Fsp3) is 0.591. The van der Waals surface area contributed by atoms with Crippen molar-refractivity contribution in [1.29, 1.82) is 0 Å². The molecule has 0 aromatic heterocycles. The second kappa shape index (κ2) is 8.34. The van der Waals surface area contributed by atoms with Crippen molar-refractivity contribution in [2.75, 3.05) is 13.1 Å². The molecule has 2 fully saturated rings. The smallest absolute Gasteiger partial charge is 0.255 e. The number of carbonyl (C=O) groups is 3. The maximum absolute atomic E-state index is 14.8. The SMILES string of the molecule is CCN(CC)[C@H]1CCC[C@@H]1Oc1cc2c(cc1F)C(=O)N(C1CCC(=O)NC1=O)C2. The van der Waals surface area contributed by atoms with Crippen LogP contribution in [0.5, 0.6) is 5.75 Å². The zero-order valence-electron chi connectivity index (χ0n) is 17.4. The fourth-order valence-electron chi connectivity index (χ4n) is 4.97. The standard InChI is InChI=1S/C22H28FN3O4/c1-3-25(4-2)16-6-5-7-18(16)30-19-10-13-12-26(22(29)14(13)11-15(19)23)17-8-9-20(27)24-21(17)28/h10-11,16-18H,3-9,12H2,1-2H3,(H,24,27,28)/t16-,17?,18-/m0/s1. The Labute approximate surface area is 175 Å². The zero-order valence-corrected chi connectivity index (χ0v) is 17.4. The molecule has 3 aliphatic rings. The Morgan fingerprint density at radius 2 is 1.93 bits per heavy atom. The van der Waals surface area contributed by atoms with Crippen LogP contribution in [0.3, 0.4) is 0 Å². The lowest BCUT2D eigenvalue weighted by Gasteiger charge is -2.31. The molecule has 4 rings (SSSR count). The van der Waals surface area contributed by atoms with E-state index < -0.39 is 17.8 Å². The zero-order chi connectivity index (χ0) is 21.4. The first kappa shape index (κ1) is 20.8. The number of rotatable bonds is 6. The van der Waals surface area contributed by atoms with Crippen LogP contribution in [0.25, 0.3) is 0 Å². The van der Waals surface area contributed by atoms with Crippen molar-refractivity contribution in [3.63, 3.8) is 0 Å². The summed E-state index contributed by atoms with van der Waals surface area (Å²) in [6.07, 6.45) is 3.33. The second-order valence-electron chi connectivity index (χ2n) is 8.22. The normalized spacial score (nSPS) is 26.3. The summed E-state index contributed by atoms with van der Waals surface area (Å²) in [6.45, 7) is 6.28. The summed E-state index contributed by atoms with van der Waals surface area (Å²) in [5, 5.41) is 2.28. The highest BCUT2D eigenvalue weighted by molar-refractivity contribution is 6.05. The van der Waals surface area contributed by atoms with Gasteiger partial charge in [0.15, 0.2) is 11.6 Å². The third-order valence-electron chi connectivity index (χ3n) is 6.55. The molecule has 3 amide bonds. The van der Waals surface area contributed by atoms with E-state index in [9.17, 15) is 18.8 Å². The predicted molar refractivity (Wildman–Crippen MR) is 107 cm³/mol. The average molecular weight is 417 g/mol. The van der Waals surface area contributed by atoms with Gasteiger partial charge in [-0.1, -0.05) is 13.8 Å². The summed E-state index contributed by atoms with van der Waals surface area (Å²) in [6, 6.07) is 2.37. The van der Waals surface area contributed by atoms with Crippen LogP contribution in [0.4, 0.5) is 4.39 Å². The van der Waals surface area contributed by atoms with Crippen molar-refractivity contribution < 1.29 is 23.5 Å². The first-order chi connectivity index (χ1) is 14.4. The number of benzene rings is 1. The molecule has 1 saturated heterocycles. The number of hydrogen-bond donors (Lipinski definition) is 1. The Hall–Kier alpha value is -2.48. The largest absolute Gasteiger partial charge is 0.486 e. The van der Waals surface area contributed by atoms with E-state index in [1.54, 1.807) is 6.07 Å². The maximum Gasteiger partial charge on any atom is 0.255 e. The van der Waals surface area contributed by atoms with Crippen LogP contribution in [0, 0.1) is 5.82 Å². The van der Waals surface area contributed by atoms with Gasteiger partial charge < -0.3 is 9.64 Å². The Morgan fingerprint density at radius 3 is 2.63 bits per heavy atom. The van der Waals surface area contributed by atoms with Gasteiger partial charge in [0.25, 0.3) is 5.91 Å². The van der Waals surface area contributed by atoms with E-state index in [2.05, 4.69) is 24.1 Å². The van der Waals surface area contributed by atoms with Crippen LogP contribution < -0.4 is 10.1 Å². The number of amides is 3. The van der Waals surface area contributed by atoms with Gasteiger partial charge >= 0.3 is 0 Å². The van der Waals surface area contributed by atoms with Crippen molar-refractivity contribution in [2.45, 2.75) is 70.7 Å². The number of likely N-dealkylation sites (N-methyl/N-ethyl adjacent to an activating group) is 1. The highest BCUT2D eigenvalue weighted by Gasteiger charge is 2.40. The van der Waals surface area contributed by atoms with Gasteiger partial charge in [0.2, 0.25) is 11.8 Å². The van der Waals surface area contributed by atoms with Gasteiger partial charge in [0, 0.05) is 24.6 Å². The first-order valence-corrected chi connectivity index (χ1v) is 10.8. The molecule has 1 aliphatic carbocycles. The topological polar surface area (TPSA) is 79.0 Å². The molecule has 1 saturated carbocycles. The Morgan fingerprint density at radius 1 is 1.17 bits per heavy atom. The molecule has 2 aliphatic heterocycles. The number of fused-ring (bicyclic) bond motifs is 1. The lowest BCUT2D eigenvalue weighted by Crippen LogP contribution is -2.52. The number of nitrogens with zero attached hydrogens (tertiary/aromatic N) is 2. The van der Waals surface area contributed by atoms with E-state index in [-0.39, 0.29) is 54.7 Å². The summed E-state index contributed by atoms with van der Waals surface area (Å²) in [5.74, 6) is -1.58. The molecular weight excluding hydrogens is 389 g/mol. The van der Waals surface area contributed by atoms with Gasteiger partial charge in [0.05, 0.1) is 0 Å². The molecule has 1 N–H and O–H groups in total. The van der Waals surface area contributed by atoms with Crippen LogP contribution >= 0.6 is 0 Å². The third kappa shape index (κ3) is 3.69. The highest BCUT2D eigenvalue weighted by Crippen LogP contribution is 2.35. The molecule has 3 atom stereocenters. The van der Waals surface area contributed by atoms with Gasteiger partial charge in [-0.05, 0) is 56.5 Å².